The number of nitrogens with zero attached hydrogens (tertiary/aromatic N) is 3. The summed E-state index contributed by atoms with van der Waals surface area (Å²) in [6, 6.07) is 4.09. The Morgan fingerprint density at radius 2 is 2.13 bits per heavy atom. The van der Waals surface area contributed by atoms with Crippen LogP contribution < -0.4 is 5.32 Å². The summed E-state index contributed by atoms with van der Waals surface area (Å²) in [5, 5.41) is 2.64. The topological polar surface area (TPSA) is 65.5 Å². The lowest BCUT2D eigenvalue weighted by Crippen LogP contribution is -2.43. The van der Waals surface area contributed by atoms with Gasteiger partial charge >= 0.3 is 11.8 Å². The second-order valence-corrected chi connectivity index (χ2v) is 6.89. The van der Waals surface area contributed by atoms with Crippen LogP contribution in [0.1, 0.15) is 19.3 Å². The van der Waals surface area contributed by atoms with Gasteiger partial charge in [-0.3, -0.25) is 19.5 Å². The van der Waals surface area contributed by atoms with Crippen molar-refractivity contribution in [1.82, 2.24) is 14.8 Å². The number of aromatic nitrogens is 1. The van der Waals surface area contributed by atoms with E-state index in [1.807, 2.05) is 0 Å². The summed E-state index contributed by atoms with van der Waals surface area (Å²) in [6.45, 7) is 3.73. The van der Waals surface area contributed by atoms with Gasteiger partial charge in [0.25, 0.3) is 0 Å². The van der Waals surface area contributed by atoms with Crippen LogP contribution in [0, 0.1) is 11.8 Å². The van der Waals surface area contributed by atoms with Gasteiger partial charge in [-0.15, -0.1) is 0 Å². The van der Waals surface area contributed by atoms with Gasteiger partial charge in [-0.1, -0.05) is 6.42 Å². The first-order valence-corrected chi connectivity index (χ1v) is 8.47. The predicted octanol–water partition coefficient (Wildman–Crippen LogP) is 0.963. The van der Waals surface area contributed by atoms with E-state index in [4.69, 9.17) is 0 Å². The largest absolute Gasteiger partial charge is 0.334 e. The molecule has 1 aromatic heterocycles. The van der Waals surface area contributed by atoms with Gasteiger partial charge in [-0.25, -0.2) is 0 Å². The number of anilines is 1. The molecular formula is C17H22N4O2. The Bertz CT molecular complexity index is 606. The minimum atomic E-state index is -0.557. The third-order valence-corrected chi connectivity index (χ3v) is 5.52. The summed E-state index contributed by atoms with van der Waals surface area (Å²) in [6.07, 6.45) is 7.01. The Labute approximate surface area is 135 Å². The molecule has 0 saturated carbocycles. The van der Waals surface area contributed by atoms with Crippen molar-refractivity contribution in [3.05, 3.63) is 24.5 Å². The molecule has 23 heavy (non-hydrogen) atoms. The highest BCUT2D eigenvalue weighted by Gasteiger charge is 2.48. The number of rotatable bonds is 1. The first-order valence-electron chi connectivity index (χ1n) is 8.47. The van der Waals surface area contributed by atoms with E-state index >= 15 is 0 Å². The molecule has 0 aliphatic carbocycles. The van der Waals surface area contributed by atoms with Crippen LogP contribution >= 0.6 is 0 Å². The maximum atomic E-state index is 12.4. The minimum absolute atomic E-state index is 0.411. The molecule has 0 spiro atoms. The molecule has 0 radical (unpaired) electrons. The number of hydrogen-bond donors (Lipinski definition) is 1. The molecule has 3 aliphatic rings. The van der Waals surface area contributed by atoms with E-state index in [-0.39, 0.29) is 0 Å². The normalized spacial score (nSPS) is 29.9. The van der Waals surface area contributed by atoms with Crippen molar-refractivity contribution in [1.29, 1.82) is 0 Å². The maximum absolute atomic E-state index is 12.4. The number of piperidine rings is 1. The van der Waals surface area contributed by atoms with Crippen LogP contribution in [0.2, 0.25) is 0 Å². The van der Waals surface area contributed by atoms with Crippen LogP contribution in [-0.4, -0.2) is 58.8 Å². The van der Waals surface area contributed by atoms with Crippen molar-refractivity contribution < 1.29 is 9.59 Å². The van der Waals surface area contributed by atoms with Gasteiger partial charge in [0, 0.05) is 31.9 Å². The van der Waals surface area contributed by atoms with Crippen molar-refractivity contribution >= 4 is 17.5 Å². The Hall–Kier alpha value is -1.95. The van der Waals surface area contributed by atoms with Crippen molar-refractivity contribution in [3.63, 3.8) is 0 Å². The second-order valence-electron chi connectivity index (χ2n) is 6.89. The van der Waals surface area contributed by atoms with Crippen molar-refractivity contribution in [2.75, 3.05) is 31.5 Å². The van der Waals surface area contributed by atoms with Crippen LogP contribution in [0.25, 0.3) is 0 Å². The molecule has 0 aromatic carbocycles. The summed E-state index contributed by atoms with van der Waals surface area (Å²) in [5.41, 5.74) is 0.559. The van der Waals surface area contributed by atoms with E-state index in [9.17, 15) is 9.59 Å². The van der Waals surface area contributed by atoms with Crippen LogP contribution in [0.4, 0.5) is 5.69 Å². The number of nitrogens with one attached hydrogen (secondary N) is 1. The Kier molecular flexibility index (Phi) is 3.77. The molecule has 4 rings (SSSR count). The van der Waals surface area contributed by atoms with E-state index in [2.05, 4.69) is 15.2 Å². The number of hydrogen-bond acceptors (Lipinski definition) is 4. The molecule has 1 aromatic rings. The lowest BCUT2D eigenvalue weighted by molar-refractivity contribution is -0.142. The third kappa shape index (κ3) is 2.72. The van der Waals surface area contributed by atoms with Gasteiger partial charge in [-0.2, -0.15) is 0 Å². The molecule has 1 N–H and O–H groups in total. The standard InChI is InChI=1S/C17H22N4O2/c22-16(19-13-4-3-6-18-8-13)17(23)21-10-12-9-20-7-2-1-5-15(20)14(12)11-21/h3-4,6,8,12,14-15H,1-2,5,7,9-11H2,(H,19,22)/t12-,14+,15-/m0/s1. The van der Waals surface area contributed by atoms with Crippen molar-refractivity contribution in [2.45, 2.75) is 25.3 Å². The highest BCUT2D eigenvalue weighted by atomic mass is 16.2. The van der Waals surface area contributed by atoms with E-state index in [0.717, 1.165) is 19.6 Å². The Morgan fingerprint density at radius 1 is 1.22 bits per heavy atom. The van der Waals surface area contributed by atoms with E-state index < -0.39 is 11.8 Å². The molecule has 3 saturated heterocycles. The molecule has 2 amide bonds. The van der Waals surface area contributed by atoms with Gasteiger partial charge in [0.1, 0.15) is 0 Å². The van der Waals surface area contributed by atoms with E-state index in [1.165, 1.54) is 25.8 Å². The summed E-state index contributed by atoms with van der Waals surface area (Å²) in [7, 11) is 0. The molecule has 0 unspecified atom stereocenters. The number of amides is 2. The number of pyridine rings is 1. The van der Waals surface area contributed by atoms with Crippen LogP contribution in [0.5, 0.6) is 0 Å². The van der Waals surface area contributed by atoms with Gasteiger partial charge in [-0.05, 0) is 43.4 Å². The third-order valence-electron chi connectivity index (χ3n) is 5.52. The zero-order chi connectivity index (χ0) is 15.8. The molecule has 122 valence electrons. The monoisotopic (exact) mass is 314 g/mol. The molecule has 6 nitrogen and oxygen atoms in total. The highest BCUT2D eigenvalue weighted by Crippen LogP contribution is 2.40. The number of fused-ring (bicyclic) bond motifs is 3. The molecule has 3 fully saturated rings. The molecular weight excluding hydrogens is 292 g/mol. The maximum Gasteiger partial charge on any atom is 0.313 e. The smallest absolute Gasteiger partial charge is 0.313 e. The number of carbonyl (C=O) groups is 2. The molecule has 0 bridgehead atoms. The average molecular weight is 314 g/mol. The summed E-state index contributed by atoms with van der Waals surface area (Å²) in [5.74, 6) is 0.114. The van der Waals surface area contributed by atoms with Gasteiger partial charge in [0.2, 0.25) is 0 Å². The number of carbonyl (C=O) groups excluding carboxylic acids is 2. The quantitative estimate of drug-likeness (QED) is 0.784. The van der Waals surface area contributed by atoms with Crippen molar-refractivity contribution in [2.24, 2.45) is 11.8 Å². The van der Waals surface area contributed by atoms with Crippen LogP contribution in [0.15, 0.2) is 24.5 Å². The van der Waals surface area contributed by atoms with Gasteiger partial charge < -0.3 is 10.2 Å². The molecule has 3 atom stereocenters. The molecule has 3 aliphatic heterocycles. The van der Waals surface area contributed by atoms with Crippen molar-refractivity contribution in [3.8, 4) is 0 Å². The van der Waals surface area contributed by atoms with Crippen LogP contribution in [-0.2, 0) is 9.59 Å². The molecule has 4 heterocycles. The lowest BCUT2D eigenvalue weighted by atomic mass is 9.90. The second kappa shape index (κ2) is 5.92. The predicted molar refractivity (Wildman–Crippen MR) is 85.6 cm³/mol. The van der Waals surface area contributed by atoms with Crippen LogP contribution in [0.3, 0.4) is 0 Å². The number of likely N-dealkylation sites (tertiary alicyclic amines) is 1. The highest BCUT2D eigenvalue weighted by molar-refractivity contribution is 6.39. The zero-order valence-electron chi connectivity index (χ0n) is 13.1. The average Bonchev–Trinajstić information content (AvgIpc) is 3.12. The first kappa shape index (κ1) is 14.6. The minimum Gasteiger partial charge on any atom is -0.334 e. The Morgan fingerprint density at radius 3 is 2.96 bits per heavy atom. The van der Waals surface area contributed by atoms with Gasteiger partial charge in [0.05, 0.1) is 11.9 Å². The summed E-state index contributed by atoms with van der Waals surface area (Å²) in [4.78, 5) is 32.9. The lowest BCUT2D eigenvalue weighted by Gasteiger charge is -2.33. The fraction of sp³-hybridized carbons (Fsp3) is 0.588. The Balaban J connectivity index is 1.38. The molecule has 6 heteroatoms. The van der Waals surface area contributed by atoms with Gasteiger partial charge in [0.15, 0.2) is 0 Å². The first-order chi connectivity index (χ1) is 11.2. The zero-order valence-corrected chi connectivity index (χ0v) is 13.1. The fourth-order valence-corrected chi connectivity index (χ4v) is 4.49. The SMILES string of the molecule is O=C(Nc1cccnc1)C(=O)N1C[C@@H]2CN3CCCC[C@H]3[C@@H]2C1. The van der Waals surface area contributed by atoms with E-state index in [1.54, 1.807) is 29.4 Å². The summed E-state index contributed by atoms with van der Waals surface area (Å²) >= 11 is 0. The van der Waals surface area contributed by atoms with E-state index in [0.29, 0.717) is 23.6 Å². The summed E-state index contributed by atoms with van der Waals surface area (Å²) < 4.78 is 0. The fourth-order valence-electron chi connectivity index (χ4n) is 4.49.